The van der Waals surface area contributed by atoms with Crippen molar-refractivity contribution < 1.29 is 26.3 Å². The number of hydrogen-bond donors (Lipinski definition) is 3. The number of nitrogens with zero attached hydrogens (tertiary/aromatic N) is 3. The van der Waals surface area contributed by atoms with Gasteiger partial charge >= 0.3 is 0 Å². The second kappa shape index (κ2) is 12.7. The lowest BCUT2D eigenvalue weighted by Gasteiger charge is -2.26. The minimum absolute atomic E-state index is 0.0433. The van der Waals surface area contributed by atoms with E-state index >= 15 is 4.39 Å². The molecule has 9 nitrogen and oxygen atoms in total. The Morgan fingerprint density at radius 2 is 1.76 bits per heavy atom. The Morgan fingerprint density at radius 3 is 2.58 bits per heavy atom. The Hall–Kier alpha value is -4.75. The van der Waals surface area contributed by atoms with Crippen LogP contribution in [0.25, 0.3) is 22.0 Å². The molecule has 3 heterocycles. The molecule has 13 heteroatoms. The molecule has 1 aliphatic heterocycles. The first-order valence-electron chi connectivity index (χ1n) is 14.2. The zero-order valence-corrected chi connectivity index (χ0v) is 24.9. The molecule has 0 aliphatic carbocycles. The highest BCUT2D eigenvalue weighted by Gasteiger charge is 2.23. The van der Waals surface area contributed by atoms with E-state index in [1.807, 2.05) is 0 Å². The van der Waals surface area contributed by atoms with Crippen molar-refractivity contribution in [1.82, 2.24) is 20.3 Å². The lowest BCUT2D eigenvalue weighted by molar-refractivity contribution is 0.254. The van der Waals surface area contributed by atoms with Crippen molar-refractivity contribution in [1.29, 1.82) is 0 Å². The molecule has 6 rings (SSSR count). The maximum absolute atomic E-state index is 15.1. The zero-order valence-electron chi connectivity index (χ0n) is 24.1. The predicted octanol–water partition coefficient (Wildman–Crippen LogP) is 6.12. The molecule has 45 heavy (non-hydrogen) atoms. The summed E-state index contributed by atoms with van der Waals surface area (Å²) in [6.45, 7) is 2.69. The maximum Gasteiger partial charge on any atom is 0.237 e. The summed E-state index contributed by atoms with van der Waals surface area (Å²) >= 11 is 0. The van der Waals surface area contributed by atoms with E-state index < -0.39 is 33.6 Å². The summed E-state index contributed by atoms with van der Waals surface area (Å²) in [5, 5.41) is 6.88. The van der Waals surface area contributed by atoms with Gasteiger partial charge in [0.15, 0.2) is 0 Å². The number of halogens is 3. The van der Waals surface area contributed by atoms with Crippen LogP contribution in [0.15, 0.2) is 79.1 Å². The molecule has 0 amide bonds. The van der Waals surface area contributed by atoms with E-state index in [0.717, 1.165) is 12.1 Å². The summed E-state index contributed by atoms with van der Waals surface area (Å²) in [7, 11) is -4.19. The van der Waals surface area contributed by atoms with E-state index in [1.54, 1.807) is 49.6 Å². The van der Waals surface area contributed by atoms with E-state index in [2.05, 4.69) is 30.3 Å². The van der Waals surface area contributed by atoms with Crippen molar-refractivity contribution >= 4 is 32.4 Å². The summed E-state index contributed by atoms with van der Waals surface area (Å²) in [4.78, 5) is 13.3. The number of sulfonamides is 1. The monoisotopic (exact) mass is 634 g/mol. The Kier molecular flexibility index (Phi) is 8.55. The van der Waals surface area contributed by atoms with Gasteiger partial charge in [-0.3, -0.25) is 4.72 Å². The van der Waals surface area contributed by atoms with Crippen molar-refractivity contribution in [2.75, 3.05) is 23.1 Å². The number of piperidine rings is 1. The molecule has 2 atom stereocenters. The van der Waals surface area contributed by atoms with E-state index in [-0.39, 0.29) is 28.6 Å². The second-order valence-corrected chi connectivity index (χ2v) is 12.5. The SMILES string of the molecule is Cc1ccc2c(NS(=O)(=O)Cc3ccccc3F)c(F)ccc2c1Oc1ncccc1-c1ccnc(N[C@H]2CNC[C@H](F)C2)n1. The van der Waals surface area contributed by atoms with E-state index in [0.29, 0.717) is 53.4 Å². The predicted molar refractivity (Wildman–Crippen MR) is 166 cm³/mol. The topological polar surface area (TPSA) is 118 Å². The Labute approximate surface area is 258 Å². The average molecular weight is 635 g/mol. The van der Waals surface area contributed by atoms with E-state index in [1.165, 1.54) is 24.3 Å². The van der Waals surface area contributed by atoms with Crippen LogP contribution in [0.3, 0.4) is 0 Å². The summed E-state index contributed by atoms with van der Waals surface area (Å²) in [6.07, 6.45) is 2.51. The summed E-state index contributed by atoms with van der Waals surface area (Å²) in [6, 6.07) is 16.4. The van der Waals surface area contributed by atoms with Gasteiger partial charge in [0.1, 0.15) is 23.6 Å². The van der Waals surface area contributed by atoms with Gasteiger partial charge < -0.3 is 15.4 Å². The van der Waals surface area contributed by atoms with Crippen LogP contribution in [-0.2, 0) is 15.8 Å². The van der Waals surface area contributed by atoms with Gasteiger partial charge in [-0.1, -0.05) is 30.3 Å². The fourth-order valence-electron chi connectivity index (χ4n) is 5.24. The summed E-state index contributed by atoms with van der Waals surface area (Å²) in [5.41, 5.74) is 1.40. The van der Waals surface area contributed by atoms with Gasteiger partial charge in [0.2, 0.25) is 21.9 Å². The standard InChI is InChI=1S/C32H29F3N6O3S/c1-19-8-9-23-24(10-11-27(35)29(23)41-45(42,43)18-20-5-2-3-7-26(20)34)30(19)44-31-25(6-4-13-37-31)28-12-14-38-32(40-28)39-22-15-21(33)16-36-17-22/h2-14,21-22,36,41H,15-18H2,1H3,(H,38,39,40)/t21-,22-/m1/s1. The van der Waals surface area contributed by atoms with Gasteiger partial charge in [-0.05, 0) is 48.9 Å². The van der Waals surface area contributed by atoms with Crippen molar-refractivity contribution in [3.05, 3.63) is 102 Å². The average Bonchev–Trinajstić information content (AvgIpc) is 3.01. The molecular weight excluding hydrogens is 605 g/mol. The van der Waals surface area contributed by atoms with Crippen LogP contribution in [-0.4, -0.2) is 48.7 Å². The molecule has 0 spiro atoms. The third-order valence-electron chi connectivity index (χ3n) is 7.39. The maximum atomic E-state index is 15.1. The zero-order chi connectivity index (χ0) is 31.6. The molecule has 1 fully saturated rings. The van der Waals surface area contributed by atoms with Crippen LogP contribution in [0, 0.1) is 18.6 Å². The van der Waals surface area contributed by atoms with Crippen molar-refractivity contribution in [3.8, 4) is 22.9 Å². The number of aryl methyl sites for hydroxylation is 1. The summed E-state index contributed by atoms with van der Waals surface area (Å²) in [5.74, 6) is -1.30. The lowest BCUT2D eigenvalue weighted by atomic mass is 10.0. The van der Waals surface area contributed by atoms with E-state index in [9.17, 15) is 17.2 Å². The second-order valence-electron chi connectivity index (χ2n) is 10.7. The number of fused-ring (bicyclic) bond motifs is 1. The van der Waals surface area contributed by atoms with Crippen molar-refractivity contribution in [2.45, 2.75) is 31.3 Å². The normalized spacial score (nSPS) is 16.8. The Morgan fingerprint density at radius 1 is 0.933 bits per heavy atom. The number of anilines is 2. The molecule has 232 valence electrons. The van der Waals surface area contributed by atoms with Gasteiger partial charge in [-0.2, -0.15) is 0 Å². The first-order chi connectivity index (χ1) is 21.7. The van der Waals surface area contributed by atoms with Crippen LogP contribution >= 0.6 is 0 Å². The number of benzene rings is 3. The molecule has 0 unspecified atom stereocenters. The first-order valence-corrected chi connectivity index (χ1v) is 15.9. The van der Waals surface area contributed by atoms with Crippen LogP contribution in [0.5, 0.6) is 11.6 Å². The highest BCUT2D eigenvalue weighted by Crippen LogP contribution is 2.40. The number of hydrogen-bond acceptors (Lipinski definition) is 8. The van der Waals surface area contributed by atoms with Gasteiger partial charge in [0.25, 0.3) is 0 Å². The van der Waals surface area contributed by atoms with Gasteiger partial charge in [0, 0.05) is 54.3 Å². The quantitative estimate of drug-likeness (QED) is 0.177. The number of alkyl halides is 1. The molecule has 1 aliphatic rings. The molecule has 1 saturated heterocycles. The number of pyridine rings is 1. The van der Waals surface area contributed by atoms with Crippen molar-refractivity contribution in [2.24, 2.45) is 0 Å². The first kappa shape index (κ1) is 30.3. The van der Waals surface area contributed by atoms with E-state index in [4.69, 9.17) is 4.74 Å². The number of aromatic nitrogens is 3. The Balaban J connectivity index is 1.32. The molecule has 3 aromatic carbocycles. The highest BCUT2D eigenvalue weighted by molar-refractivity contribution is 7.91. The number of rotatable bonds is 9. The fourth-order valence-corrected chi connectivity index (χ4v) is 6.47. The molecule has 0 saturated carbocycles. The minimum Gasteiger partial charge on any atom is -0.437 e. The fraction of sp³-hybridized carbons (Fsp3) is 0.219. The third kappa shape index (κ3) is 6.84. The number of ether oxygens (including phenoxy) is 1. The molecule has 5 aromatic rings. The Bertz CT molecular complexity index is 1980. The van der Waals surface area contributed by atoms with Crippen LogP contribution in [0.2, 0.25) is 0 Å². The van der Waals surface area contributed by atoms with Crippen molar-refractivity contribution in [3.63, 3.8) is 0 Å². The van der Waals surface area contributed by atoms with Crippen LogP contribution in [0.1, 0.15) is 17.5 Å². The minimum atomic E-state index is -4.19. The largest absolute Gasteiger partial charge is 0.437 e. The van der Waals surface area contributed by atoms with Gasteiger partial charge in [0.05, 0.1) is 22.7 Å². The molecule has 0 bridgehead atoms. The third-order valence-corrected chi connectivity index (χ3v) is 8.60. The van der Waals surface area contributed by atoms with Gasteiger partial charge in [-0.15, -0.1) is 0 Å². The highest BCUT2D eigenvalue weighted by atomic mass is 32.2. The summed E-state index contributed by atoms with van der Waals surface area (Å²) < 4.78 is 77.9. The smallest absolute Gasteiger partial charge is 0.237 e. The van der Waals surface area contributed by atoms with Gasteiger partial charge in [-0.25, -0.2) is 36.5 Å². The molecule has 3 N–H and O–H groups in total. The number of nitrogens with one attached hydrogen (secondary N) is 3. The van der Waals surface area contributed by atoms with Crippen LogP contribution < -0.4 is 20.1 Å². The molecule has 2 aromatic heterocycles. The lowest BCUT2D eigenvalue weighted by Crippen LogP contribution is -2.44. The molecule has 0 radical (unpaired) electrons. The molecular formula is C32H29F3N6O3S. The van der Waals surface area contributed by atoms with Crippen LogP contribution in [0.4, 0.5) is 24.8 Å².